The molecule has 1 saturated heterocycles. The molecule has 1 aromatic carbocycles. The number of nitrogens with zero attached hydrogens (tertiary/aromatic N) is 2. The lowest BCUT2D eigenvalue weighted by Gasteiger charge is -2.25. The molecule has 1 amide bonds. The minimum Gasteiger partial charge on any atom is -0.477 e. The monoisotopic (exact) mass is 511 g/mol. The van der Waals surface area contributed by atoms with Gasteiger partial charge in [0.15, 0.2) is 17.5 Å². The van der Waals surface area contributed by atoms with Gasteiger partial charge in [0, 0.05) is 12.3 Å². The van der Waals surface area contributed by atoms with Crippen molar-refractivity contribution in [2.75, 3.05) is 13.2 Å². The summed E-state index contributed by atoms with van der Waals surface area (Å²) in [5, 5.41) is 2.82. The van der Waals surface area contributed by atoms with Crippen LogP contribution in [0.3, 0.4) is 0 Å². The maximum absolute atomic E-state index is 13.7. The second kappa shape index (κ2) is 10.2. The normalized spacial score (nSPS) is 16.5. The van der Waals surface area contributed by atoms with Crippen LogP contribution in [0.25, 0.3) is 0 Å². The highest BCUT2D eigenvalue weighted by Gasteiger charge is 2.36. The number of rotatable bonds is 8. The van der Waals surface area contributed by atoms with Gasteiger partial charge in [0.1, 0.15) is 0 Å². The van der Waals surface area contributed by atoms with Crippen molar-refractivity contribution >= 4 is 15.9 Å². The third kappa shape index (κ3) is 6.17. The minimum atomic E-state index is -4.86. The zero-order valence-corrected chi connectivity index (χ0v) is 18.2. The van der Waals surface area contributed by atoms with Crippen molar-refractivity contribution < 1.29 is 44.3 Å². The number of carbonyl (C=O) groups is 1. The predicted molar refractivity (Wildman–Crippen MR) is 105 cm³/mol. The molecule has 0 bridgehead atoms. The lowest BCUT2D eigenvalue weighted by molar-refractivity contribution is -0.139. The smallest absolute Gasteiger partial charge is 0.392 e. The molecular weight excluding hydrogens is 492 g/mol. The number of halogens is 6. The zero-order valence-electron chi connectivity index (χ0n) is 17.4. The summed E-state index contributed by atoms with van der Waals surface area (Å²) in [5.74, 6) is -6.55. The van der Waals surface area contributed by atoms with Crippen LogP contribution in [0.1, 0.15) is 24.8 Å². The Morgan fingerprint density at radius 3 is 2.44 bits per heavy atom. The third-order valence-electron chi connectivity index (χ3n) is 4.91. The molecule has 0 radical (unpaired) electrons. The molecule has 0 aliphatic carbocycles. The van der Waals surface area contributed by atoms with Crippen molar-refractivity contribution in [1.82, 2.24) is 14.6 Å². The molecule has 186 valence electrons. The molecule has 1 aliphatic heterocycles. The van der Waals surface area contributed by atoms with Crippen LogP contribution in [-0.4, -0.2) is 49.0 Å². The van der Waals surface area contributed by atoms with E-state index in [1.807, 2.05) is 0 Å². The SMILES string of the molecule is O=C([C@@H]1CCCN1)N(Cc1ccnc(OCCC(F)(F)F)c1)S(=O)(=O)c1cc(F)c(F)c(F)c1. The van der Waals surface area contributed by atoms with Crippen molar-refractivity contribution in [3.8, 4) is 5.88 Å². The van der Waals surface area contributed by atoms with Gasteiger partial charge in [-0.1, -0.05) is 0 Å². The minimum absolute atomic E-state index is 0.106. The molecule has 7 nitrogen and oxygen atoms in total. The topological polar surface area (TPSA) is 88.6 Å². The molecule has 1 fully saturated rings. The molecule has 0 spiro atoms. The standard InChI is InChI=1S/C20H19F6N3O4S/c21-14-9-13(10-15(22)18(14)23)34(31,32)29(19(30)16-2-1-5-27-16)11-12-3-6-28-17(8-12)33-7-4-20(24,25)26/h3,6,8-10,16,27H,1-2,4-5,7,11H2/t16-/m0/s1. The molecule has 1 aliphatic rings. The number of hydrogen-bond donors (Lipinski definition) is 1. The first-order valence-electron chi connectivity index (χ1n) is 9.97. The van der Waals surface area contributed by atoms with E-state index in [2.05, 4.69) is 10.3 Å². The van der Waals surface area contributed by atoms with Crippen LogP contribution in [0.15, 0.2) is 35.4 Å². The van der Waals surface area contributed by atoms with Crippen LogP contribution in [0.5, 0.6) is 5.88 Å². The predicted octanol–water partition coefficient (Wildman–Crippen LogP) is 3.30. The van der Waals surface area contributed by atoms with Crippen molar-refractivity contribution in [3.05, 3.63) is 53.5 Å². The highest BCUT2D eigenvalue weighted by molar-refractivity contribution is 7.89. The highest BCUT2D eigenvalue weighted by atomic mass is 32.2. The van der Waals surface area contributed by atoms with Crippen molar-refractivity contribution in [1.29, 1.82) is 0 Å². The van der Waals surface area contributed by atoms with Gasteiger partial charge in [-0.15, -0.1) is 0 Å². The number of ether oxygens (including phenoxy) is 1. The Morgan fingerprint density at radius 1 is 1.18 bits per heavy atom. The average molecular weight is 511 g/mol. The Hall–Kier alpha value is -2.87. The number of pyridine rings is 1. The maximum atomic E-state index is 13.7. The van der Waals surface area contributed by atoms with E-state index < -0.39 is 70.1 Å². The molecule has 2 heterocycles. The largest absolute Gasteiger partial charge is 0.477 e. The van der Waals surface area contributed by atoms with E-state index in [0.29, 0.717) is 23.7 Å². The Balaban J connectivity index is 1.92. The van der Waals surface area contributed by atoms with Crippen LogP contribution >= 0.6 is 0 Å². The Labute approximate surface area is 190 Å². The first-order chi connectivity index (χ1) is 15.9. The summed E-state index contributed by atoms with van der Waals surface area (Å²) in [6.07, 6.45) is -3.68. The summed E-state index contributed by atoms with van der Waals surface area (Å²) in [7, 11) is -4.86. The lowest BCUT2D eigenvalue weighted by Crippen LogP contribution is -2.46. The molecule has 2 aromatic rings. The van der Waals surface area contributed by atoms with Gasteiger partial charge in [-0.2, -0.15) is 13.2 Å². The van der Waals surface area contributed by atoms with Gasteiger partial charge in [0.25, 0.3) is 15.9 Å². The van der Waals surface area contributed by atoms with Crippen LogP contribution in [0.2, 0.25) is 0 Å². The van der Waals surface area contributed by atoms with Crippen molar-refractivity contribution in [2.45, 2.75) is 42.9 Å². The number of amides is 1. The number of hydrogen-bond acceptors (Lipinski definition) is 6. The van der Waals surface area contributed by atoms with Gasteiger partial charge in [-0.25, -0.2) is 30.9 Å². The summed E-state index contributed by atoms with van der Waals surface area (Å²) >= 11 is 0. The van der Waals surface area contributed by atoms with Gasteiger partial charge in [-0.05, 0) is 43.1 Å². The number of sulfonamides is 1. The van der Waals surface area contributed by atoms with Gasteiger partial charge in [0.05, 0.1) is 30.5 Å². The number of carbonyl (C=O) groups excluding carboxylic acids is 1. The number of benzene rings is 1. The Kier molecular flexibility index (Phi) is 7.70. The number of alkyl halides is 3. The molecule has 14 heteroatoms. The van der Waals surface area contributed by atoms with E-state index >= 15 is 0 Å². The van der Waals surface area contributed by atoms with E-state index in [1.54, 1.807) is 0 Å². The van der Waals surface area contributed by atoms with E-state index in [-0.39, 0.29) is 23.6 Å². The molecule has 0 saturated carbocycles. The van der Waals surface area contributed by atoms with Crippen LogP contribution < -0.4 is 10.1 Å². The fourth-order valence-electron chi connectivity index (χ4n) is 3.22. The Morgan fingerprint density at radius 2 is 1.85 bits per heavy atom. The van der Waals surface area contributed by atoms with E-state index in [1.165, 1.54) is 6.07 Å². The summed E-state index contributed by atoms with van der Waals surface area (Å²) in [6.45, 7) is -0.935. The fraction of sp³-hybridized carbons (Fsp3) is 0.400. The number of nitrogens with one attached hydrogen (secondary N) is 1. The van der Waals surface area contributed by atoms with Crippen molar-refractivity contribution in [2.24, 2.45) is 0 Å². The molecule has 3 rings (SSSR count). The fourth-order valence-corrected chi connectivity index (χ4v) is 4.67. The average Bonchev–Trinajstić information content (AvgIpc) is 3.29. The number of aromatic nitrogens is 1. The summed E-state index contributed by atoms with van der Waals surface area (Å²) in [6, 6.07) is 2.05. The molecule has 0 unspecified atom stereocenters. The summed E-state index contributed by atoms with van der Waals surface area (Å²) in [5.41, 5.74) is 0.106. The van der Waals surface area contributed by atoms with Gasteiger partial charge in [-0.3, -0.25) is 4.79 Å². The van der Waals surface area contributed by atoms with Crippen LogP contribution in [0, 0.1) is 17.5 Å². The van der Waals surface area contributed by atoms with Gasteiger partial charge >= 0.3 is 6.18 Å². The van der Waals surface area contributed by atoms with Crippen LogP contribution in [0.4, 0.5) is 26.3 Å². The van der Waals surface area contributed by atoms with E-state index in [4.69, 9.17) is 4.74 Å². The molecule has 1 aromatic heterocycles. The second-order valence-corrected chi connectivity index (χ2v) is 9.28. The van der Waals surface area contributed by atoms with Gasteiger partial charge in [0.2, 0.25) is 5.88 Å². The summed E-state index contributed by atoms with van der Waals surface area (Å²) in [4.78, 5) is 15.8. The molecule has 1 atom stereocenters. The lowest BCUT2D eigenvalue weighted by atomic mass is 10.2. The zero-order chi connectivity index (χ0) is 25.1. The van der Waals surface area contributed by atoms with Crippen LogP contribution in [-0.2, 0) is 21.4 Å². The summed E-state index contributed by atoms with van der Waals surface area (Å²) < 4.78 is 109. The molecule has 1 N–H and O–H groups in total. The molecular formula is C20H19F6N3O4S. The highest BCUT2D eigenvalue weighted by Crippen LogP contribution is 2.26. The van der Waals surface area contributed by atoms with E-state index in [9.17, 15) is 39.6 Å². The quantitative estimate of drug-likeness (QED) is 0.432. The van der Waals surface area contributed by atoms with E-state index in [0.717, 1.165) is 12.3 Å². The molecule has 34 heavy (non-hydrogen) atoms. The maximum Gasteiger partial charge on any atom is 0.392 e. The first-order valence-corrected chi connectivity index (χ1v) is 11.4. The first kappa shape index (κ1) is 25.7. The van der Waals surface area contributed by atoms with Gasteiger partial charge < -0.3 is 10.1 Å². The third-order valence-corrected chi connectivity index (χ3v) is 6.63. The second-order valence-electron chi connectivity index (χ2n) is 7.42. The Bertz CT molecular complexity index is 1130. The van der Waals surface area contributed by atoms with Crippen molar-refractivity contribution in [3.63, 3.8) is 0 Å².